The Hall–Kier alpha value is -2.39. The minimum absolute atomic E-state index is 0.0252. The van der Waals surface area contributed by atoms with E-state index in [0.29, 0.717) is 25.1 Å². The highest BCUT2D eigenvalue weighted by atomic mass is 32.2. The third-order valence-corrected chi connectivity index (χ3v) is 6.65. The van der Waals surface area contributed by atoms with Crippen LogP contribution in [0.1, 0.15) is 50.8 Å². The summed E-state index contributed by atoms with van der Waals surface area (Å²) in [5.41, 5.74) is -0.0852. The number of nitrogens with zero attached hydrogens (tertiary/aromatic N) is 2. The molecule has 3 rings (SSSR count). The number of rotatable bonds is 5. The average Bonchev–Trinajstić information content (AvgIpc) is 3.28. The fourth-order valence-corrected chi connectivity index (χ4v) is 5.09. The molecule has 0 bridgehead atoms. The molecule has 2 aromatic heterocycles. The lowest BCUT2D eigenvalue weighted by molar-refractivity contribution is -0.127. The molecule has 8 nitrogen and oxygen atoms in total. The Morgan fingerprint density at radius 3 is 2.76 bits per heavy atom. The molecule has 0 radical (unpaired) electrons. The SMILES string of the molecule is Cc1noc(C=Cc2ccco2)c1S(=O)(=O)N1CCCC(C(=O)NC(C)(C)C)C1. The van der Waals surface area contributed by atoms with Gasteiger partial charge in [-0.2, -0.15) is 4.31 Å². The number of aryl methyl sites for hydroxylation is 1. The van der Waals surface area contributed by atoms with Crippen molar-refractivity contribution in [3.63, 3.8) is 0 Å². The van der Waals surface area contributed by atoms with Crippen molar-refractivity contribution in [3.8, 4) is 0 Å². The second kappa shape index (κ2) is 8.16. The molecule has 1 atom stereocenters. The van der Waals surface area contributed by atoms with Crippen LogP contribution in [0, 0.1) is 12.8 Å². The molecule has 0 saturated carbocycles. The van der Waals surface area contributed by atoms with Crippen LogP contribution in [0.2, 0.25) is 0 Å². The molecule has 1 aliphatic heterocycles. The molecule has 1 amide bonds. The van der Waals surface area contributed by atoms with Crippen LogP contribution in [-0.4, -0.2) is 42.4 Å². The van der Waals surface area contributed by atoms with Crippen molar-refractivity contribution in [1.82, 2.24) is 14.8 Å². The summed E-state index contributed by atoms with van der Waals surface area (Å²) in [6.45, 7) is 7.79. The predicted octanol–water partition coefficient (Wildman–Crippen LogP) is 3.06. The monoisotopic (exact) mass is 421 g/mol. The molecule has 29 heavy (non-hydrogen) atoms. The molecule has 0 aromatic carbocycles. The van der Waals surface area contributed by atoms with Gasteiger partial charge in [0.2, 0.25) is 15.9 Å². The number of hydrogen-bond donors (Lipinski definition) is 1. The summed E-state index contributed by atoms with van der Waals surface area (Å²) < 4.78 is 38.5. The standard InChI is InChI=1S/C20H27N3O5S/c1-14-18(17(28-22-14)10-9-16-8-6-12-27-16)29(25,26)23-11-5-7-15(13-23)19(24)21-20(2,3)4/h6,8-10,12,15H,5,7,11,13H2,1-4H3,(H,21,24). The highest BCUT2D eigenvalue weighted by Gasteiger charge is 2.37. The van der Waals surface area contributed by atoms with Crippen LogP contribution < -0.4 is 5.32 Å². The van der Waals surface area contributed by atoms with Gasteiger partial charge in [-0.3, -0.25) is 4.79 Å². The highest BCUT2D eigenvalue weighted by molar-refractivity contribution is 7.89. The normalized spacial score (nSPS) is 19.0. The molecule has 9 heteroatoms. The first-order chi connectivity index (χ1) is 13.6. The molecule has 158 valence electrons. The Balaban J connectivity index is 1.83. The molecule has 3 heterocycles. The van der Waals surface area contributed by atoms with E-state index in [2.05, 4.69) is 10.5 Å². The highest BCUT2D eigenvalue weighted by Crippen LogP contribution is 2.29. The fourth-order valence-electron chi connectivity index (χ4n) is 3.32. The maximum absolute atomic E-state index is 13.3. The van der Waals surface area contributed by atoms with Crippen molar-refractivity contribution in [2.75, 3.05) is 13.1 Å². The first kappa shape index (κ1) is 21.3. The van der Waals surface area contributed by atoms with Crippen LogP contribution in [0.5, 0.6) is 0 Å². The summed E-state index contributed by atoms with van der Waals surface area (Å²) in [4.78, 5) is 12.6. The second-order valence-electron chi connectivity index (χ2n) is 8.25. The lowest BCUT2D eigenvalue weighted by Gasteiger charge is -2.33. The van der Waals surface area contributed by atoms with Gasteiger partial charge in [-0.1, -0.05) is 5.16 Å². The first-order valence-corrected chi connectivity index (χ1v) is 11.0. The number of piperidine rings is 1. The maximum atomic E-state index is 13.3. The molecule has 1 aliphatic rings. The molecule has 1 fully saturated rings. The largest absolute Gasteiger partial charge is 0.465 e. The van der Waals surface area contributed by atoms with Crippen LogP contribution in [0.15, 0.2) is 32.2 Å². The van der Waals surface area contributed by atoms with E-state index in [4.69, 9.17) is 8.94 Å². The number of amides is 1. The molecule has 1 unspecified atom stereocenters. The summed E-state index contributed by atoms with van der Waals surface area (Å²) in [6.07, 6.45) is 5.94. The van der Waals surface area contributed by atoms with Crippen molar-refractivity contribution >= 4 is 28.1 Å². The third-order valence-electron chi connectivity index (χ3n) is 4.63. The number of aromatic nitrogens is 1. The van der Waals surface area contributed by atoms with E-state index < -0.39 is 10.0 Å². The van der Waals surface area contributed by atoms with Gasteiger partial charge < -0.3 is 14.3 Å². The van der Waals surface area contributed by atoms with Crippen LogP contribution in [0.25, 0.3) is 12.2 Å². The van der Waals surface area contributed by atoms with Crippen molar-refractivity contribution in [1.29, 1.82) is 0 Å². The fraction of sp³-hybridized carbons (Fsp3) is 0.500. The Labute approximate surface area is 171 Å². The van der Waals surface area contributed by atoms with E-state index in [1.165, 1.54) is 16.6 Å². The third kappa shape index (κ3) is 4.97. The van der Waals surface area contributed by atoms with E-state index in [1.807, 2.05) is 20.8 Å². The Morgan fingerprint density at radius 2 is 2.10 bits per heavy atom. The predicted molar refractivity (Wildman–Crippen MR) is 108 cm³/mol. The molecule has 1 N–H and O–H groups in total. The lowest BCUT2D eigenvalue weighted by Crippen LogP contribution is -2.49. The van der Waals surface area contributed by atoms with Gasteiger partial charge in [-0.25, -0.2) is 8.42 Å². The van der Waals surface area contributed by atoms with Gasteiger partial charge in [0.25, 0.3) is 0 Å². The Bertz CT molecular complexity index is 984. The maximum Gasteiger partial charge on any atom is 0.248 e. The van der Waals surface area contributed by atoms with Crippen molar-refractivity contribution in [2.45, 2.75) is 51.0 Å². The van der Waals surface area contributed by atoms with Crippen LogP contribution in [0.3, 0.4) is 0 Å². The average molecular weight is 422 g/mol. The van der Waals surface area contributed by atoms with Gasteiger partial charge in [0.15, 0.2) is 10.7 Å². The van der Waals surface area contributed by atoms with E-state index >= 15 is 0 Å². The number of furan rings is 1. The molecule has 0 aliphatic carbocycles. The van der Waals surface area contributed by atoms with Gasteiger partial charge in [-0.15, -0.1) is 0 Å². The lowest BCUT2D eigenvalue weighted by atomic mass is 9.97. The Morgan fingerprint density at radius 1 is 1.34 bits per heavy atom. The van der Waals surface area contributed by atoms with Crippen LogP contribution >= 0.6 is 0 Å². The zero-order chi connectivity index (χ0) is 21.2. The van der Waals surface area contributed by atoms with E-state index in [9.17, 15) is 13.2 Å². The van der Waals surface area contributed by atoms with Crippen molar-refractivity contribution in [2.24, 2.45) is 5.92 Å². The van der Waals surface area contributed by atoms with Gasteiger partial charge >= 0.3 is 0 Å². The minimum Gasteiger partial charge on any atom is -0.465 e. The quantitative estimate of drug-likeness (QED) is 0.795. The molecule has 0 spiro atoms. The Kier molecular flexibility index (Phi) is 6.00. The van der Waals surface area contributed by atoms with E-state index in [-0.39, 0.29) is 40.3 Å². The number of nitrogens with one attached hydrogen (secondary N) is 1. The summed E-state index contributed by atoms with van der Waals surface area (Å²) in [6, 6.07) is 3.48. The molecular weight excluding hydrogens is 394 g/mol. The van der Waals surface area contributed by atoms with E-state index in [0.717, 1.165) is 0 Å². The first-order valence-electron chi connectivity index (χ1n) is 9.58. The number of sulfonamides is 1. The number of carbonyl (C=O) groups is 1. The second-order valence-corrected chi connectivity index (χ2v) is 10.1. The molecule has 2 aromatic rings. The summed E-state index contributed by atoms with van der Waals surface area (Å²) in [5, 5.41) is 6.78. The summed E-state index contributed by atoms with van der Waals surface area (Å²) in [5.74, 6) is 0.192. The summed E-state index contributed by atoms with van der Waals surface area (Å²) >= 11 is 0. The number of carbonyl (C=O) groups excluding carboxylic acids is 1. The van der Waals surface area contributed by atoms with Gasteiger partial charge in [0.05, 0.1) is 12.2 Å². The molecular formula is C20H27N3O5S. The zero-order valence-electron chi connectivity index (χ0n) is 17.1. The smallest absolute Gasteiger partial charge is 0.248 e. The summed E-state index contributed by atoms with van der Waals surface area (Å²) in [7, 11) is -3.87. The van der Waals surface area contributed by atoms with Crippen molar-refractivity contribution < 1.29 is 22.2 Å². The van der Waals surface area contributed by atoms with Gasteiger partial charge in [0, 0.05) is 18.6 Å². The van der Waals surface area contributed by atoms with Crippen LogP contribution in [-0.2, 0) is 14.8 Å². The van der Waals surface area contributed by atoms with Crippen LogP contribution in [0.4, 0.5) is 0 Å². The van der Waals surface area contributed by atoms with Gasteiger partial charge in [0.1, 0.15) is 11.5 Å². The van der Waals surface area contributed by atoms with E-state index in [1.54, 1.807) is 25.1 Å². The van der Waals surface area contributed by atoms with Gasteiger partial charge in [-0.05, 0) is 64.8 Å². The van der Waals surface area contributed by atoms with Crippen molar-refractivity contribution in [3.05, 3.63) is 35.6 Å². The topological polar surface area (TPSA) is 106 Å². The zero-order valence-corrected chi connectivity index (χ0v) is 18.0. The number of hydrogen-bond acceptors (Lipinski definition) is 6. The molecule has 1 saturated heterocycles. The minimum atomic E-state index is -3.87.